The van der Waals surface area contributed by atoms with Gasteiger partial charge in [0.1, 0.15) is 0 Å². The van der Waals surface area contributed by atoms with E-state index < -0.39 is 0 Å². The van der Waals surface area contributed by atoms with Crippen LogP contribution in [0.5, 0.6) is 0 Å². The molecule has 0 amide bonds. The molecule has 17 heavy (non-hydrogen) atoms. The number of nitrogens with two attached hydrogens (primary N) is 1. The molecule has 0 radical (unpaired) electrons. The lowest BCUT2D eigenvalue weighted by molar-refractivity contribution is 1.07. The van der Waals surface area contributed by atoms with Gasteiger partial charge in [0.05, 0.1) is 6.33 Å². The third kappa shape index (κ3) is 6.53. The van der Waals surface area contributed by atoms with Crippen molar-refractivity contribution in [1.82, 2.24) is 9.55 Å². The van der Waals surface area contributed by atoms with Gasteiger partial charge in [-0.05, 0) is 26.5 Å². The molecule has 0 unspecified atom stereocenters. The second-order valence-electron chi connectivity index (χ2n) is 2.73. The smallest absolute Gasteiger partial charge is 0.0991 e. The van der Waals surface area contributed by atoms with E-state index in [9.17, 15) is 0 Å². The van der Waals surface area contributed by atoms with Crippen molar-refractivity contribution in [1.29, 1.82) is 0 Å². The van der Waals surface area contributed by atoms with Crippen molar-refractivity contribution < 1.29 is 0 Å². The molecule has 1 aromatic rings. The van der Waals surface area contributed by atoms with Crippen molar-refractivity contribution in [3.8, 4) is 0 Å². The third-order valence-corrected chi connectivity index (χ3v) is 1.83. The molecule has 1 rings (SSSR count). The minimum absolute atomic E-state index is 1.14. The number of nitrogens with zero attached hydrogens (tertiary/aromatic N) is 2. The van der Waals surface area contributed by atoms with Crippen LogP contribution in [-0.2, 0) is 0 Å². The summed E-state index contributed by atoms with van der Waals surface area (Å²) >= 11 is 0. The van der Waals surface area contributed by atoms with Crippen molar-refractivity contribution >= 4 is 5.70 Å². The summed E-state index contributed by atoms with van der Waals surface area (Å²) < 4.78 is 1.98. The standard InChI is InChI=1S/C11H14N2.C2H6.CH5N/c1-4-6-10(3)11(5-2)13-8-7-12-9-13;2*1-2/h4-9H,1H2,2-3H3;1-2H3;2H2,1H3/b10-6-,11-5+;;. The molecule has 0 bridgehead atoms. The van der Waals surface area contributed by atoms with Gasteiger partial charge in [-0.3, -0.25) is 0 Å². The molecular weight excluding hydrogens is 210 g/mol. The highest BCUT2D eigenvalue weighted by molar-refractivity contribution is 5.63. The minimum Gasteiger partial charge on any atom is -0.333 e. The molecule has 0 aliphatic rings. The minimum atomic E-state index is 1.14. The molecule has 2 N–H and O–H groups in total. The van der Waals surface area contributed by atoms with E-state index in [2.05, 4.69) is 30.3 Å². The molecule has 1 aromatic heterocycles. The highest BCUT2D eigenvalue weighted by atomic mass is 15.0. The molecule has 0 fully saturated rings. The van der Waals surface area contributed by atoms with Crippen LogP contribution >= 0.6 is 0 Å². The number of rotatable bonds is 3. The summed E-state index contributed by atoms with van der Waals surface area (Å²) in [6.45, 7) is 11.7. The topological polar surface area (TPSA) is 43.8 Å². The van der Waals surface area contributed by atoms with Gasteiger partial charge in [-0.15, -0.1) is 0 Å². The Labute approximate surface area is 105 Å². The molecule has 0 saturated carbocycles. The Kier molecular flexibility index (Phi) is 13.0. The molecule has 0 aromatic carbocycles. The van der Waals surface area contributed by atoms with Crippen molar-refractivity contribution in [2.24, 2.45) is 5.73 Å². The lowest BCUT2D eigenvalue weighted by atomic mass is 10.2. The van der Waals surface area contributed by atoms with Crippen LogP contribution in [-0.4, -0.2) is 16.6 Å². The van der Waals surface area contributed by atoms with Crippen molar-refractivity contribution in [3.05, 3.63) is 49.1 Å². The Morgan fingerprint density at radius 1 is 1.35 bits per heavy atom. The Morgan fingerprint density at radius 2 is 1.94 bits per heavy atom. The molecule has 96 valence electrons. The van der Waals surface area contributed by atoms with Crippen molar-refractivity contribution in [2.75, 3.05) is 7.05 Å². The van der Waals surface area contributed by atoms with Crippen LogP contribution in [0.25, 0.3) is 5.70 Å². The summed E-state index contributed by atoms with van der Waals surface area (Å²) in [6, 6.07) is 0. The summed E-state index contributed by atoms with van der Waals surface area (Å²) in [7, 11) is 1.50. The van der Waals surface area contributed by atoms with Gasteiger partial charge in [0.15, 0.2) is 0 Å². The van der Waals surface area contributed by atoms with Gasteiger partial charge in [-0.2, -0.15) is 0 Å². The predicted octanol–water partition coefficient (Wildman–Crippen LogP) is 3.48. The van der Waals surface area contributed by atoms with Gasteiger partial charge < -0.3 is 10.3 Å². The first-order valence-electron chi connectivity index (χ1n) is 5.81. The maximum atomic E-state index is 4.50. The fourth-order valence-electron chi connectivity index (χ4n) is 1.24. The predicted molar refractivity (Wildman–Crippen MR) is 77.6 cm³/mol. The van der Waals surface area contributed by atoms with Crippen LogP contribution in [0.3, 0.4) is 0 Å². The first kappa shape index (κ1) is 17.8. The first-order valence-corrected chi connectivity index (χ1v) is 5.81. The van der Waals surface area contributed by atoms with E-state index in [1.54, 1.807) is 18.6 Å². The lowest BCUT2D eigenvalue weighted by Crippen LogP contribution is -1.94. The van der Waals surface area contributed by atoms with Crippen LogP contribution in [0.2, 0.25) is 0 Å². The Morgan fingerprint density at radius 3 is 2.29 bits per heavy atom. The second-order valence-corrected chi connectivity index (χ2v) is 2.73. The fourth-order valence-corrected chi connectivity index (χ4v) is 1.24. The summed E-state index contributed by atoms with van der Waals surface area (Å²) in [4.78, 5) is 4.00. The summed E-state index contributed by atoms with van der Waals surface area (Å²) in [5.41, 5.74) is 6.81. The largest absolute Gasteiger partial charge is 0.333 e. The summed E-state index contributed by atoms with van der Waals surface area (Å²) in [5, 5.41) is 0. The van der Waals surface area contributed by atoms with Crippen LogP contribution in [0.1, 0.15) is 27.7 Å². The molecular formula is C14H25N3. The quantitative estimate of drug-likeness (QED) is 0.815. The van der Waals surface area contributed by atoms with Crippen LogP contribution < -0.4 is 5.73 Å². The second kappa shape index (κ2) is 12.5. The SMILES string of the molecule is C=C/C=C(C)\C(=C/C)n1ccnc1.CC.CN. The Hall–Kier alpha value is -1.61. The Balaban J connectivity index is 0. The van der Waals surface area contributed by atoms with Gasteiger partial charge in [-0.1, -0.05) is 38.7 Å². The Bertz CT molecular complexity index is 332. The molecule has 3 heteroatoms. The zero-order valence-corrected chi connectivity index (χ0v) is 11.6. The molecule has 0 aliphatic heterocycles. The van der Waals surface area contributed by atoms with Crippen LogP contribution in [0.15, 0.2) is 49.1 Å². The number of hydrogen-bond acceptors (Lipinski definition) is 2. The van der Waals surface area contributed by atoms with E-state index >= 15 is 0 Å². The summed E-state index contributed by atoms with van der Waals surface area (Å²) in [5.74, 6) is 0. The van der Waals surface area contributed by atoms with Gasteiger partial charge >= 0.3 is 0 Å². The van der Waals surface area contributed by atoms with E-state index in [0.717, 1.165) is 5.70 Å². The highest BCUT2D eigenvalue weighted by Crippen LogP contribution is 2.14. The van der Waals surface area contributed by atoms with Crippen molar-refractivity contribution in [2.45, 2.75) is 27.7 Å². The first-order chi connectivity index (χ1) is 8.29. The number of imidazole rings is 1. The summed E-state index contributed by atoms with van der Waals surface area (Å²) in [6.07, 6.45) is 11.3. The molecule has 3 nitrogen and oxygen atoms in total. The van der Waals surface area contributed by atoms with Gasteiger partial charge in [0.25, 0.3) is 0 Å². The molecule has 0 atom stereocenters. The van der Waals surface area contributed by atoms with Gasteiger partial charge in [-0.25, -0.2) is 4.98 Å². The number of aromatic nitrogens is 2. The van der Waals surface area contributed by atoms with E-state index in [-0.39, 0.29) is 0 Å². The van der Waals surface area contributed by atoms with E-state index in [4.69, 9.17) is 0 Å². The van der Waals surface area contributed by atoms with E-state index in [1.165, 1.54) is 12.6 Å². The average molecular weight is 235 g/mol. The zero-order chi connectivity index (χ0) is 13.7. The van der Waals surface area contributed by atoms with Crippen LogP contribution in [0.4, 0.5) is 0 Å². The maximum Gasteiger partial charge on any atom is 0.0991 e. The highest BCUT2D eigenvalue weighted by Gasteiger charge is 1.99. The average Bonchev–Trinajstić information content (AvgIpc) is 2.89. The lowest BCUT2D eigenvalue weighted by Gasteiger charge is -2.07. The van der Waals surface area contributed by atoms with E-state index in [0.29, 0.717) is 0 Å². The van der Waals surface area contributed by atoms with E-state index in [1.807, 2.05) is 37.6 Å². The molecule has 0 aliphatic carbocycles. The van der Waals surface area contributed by atoms with Crippen molar-refractivity contribution in [3.63, 3.8) is 0 Å². The normalized spacial score (nSPS) is 10.7. The molecule has 0 saturated heterocycles. The maximum absolute atomic E-state index is 4.50. The molecule has 1 heterocycles. The molecule has 0 spiro atoms. The van der Waals surface area contributed by atoms with Gasteiger partial charge in [0, 0.05) is 18.1 Å². The van der Waals surface area contributed by atoms with Gasteiger partial charge in [0.2, 0.25) is 0 Å². The fraction of sp³-hybridized carbons (Fsp3) is 0.357. The zero-order valence-electron chi connectivity index (χ0n) is 11.6. The number of hydrogen-bond donors (Lipinski definition) is 1. The monoisotopic (exact) mass is 235 g/mol. The van der Waals surface area contributed by atoms with Crippen LogP contribution in [0, 0.1) is 0 Å². The number of allylic oxidation sites excluding steroid dienone is 5. The third-order valence-electron chi connectivity index (χ3n) is 1.83.